The zero-order chi connectivity index (χ0) is 21.8. The van der Waals surface area contributed by atoms with Gasteiger partial charge in [0.2, 0.25) is 5.91 Å². The van der Waals surface area contributed by atoms with Gasteiger partial charge < -0.3 is 15.5 Å². The number of carbonyl (C=O) groups is 2. The number of nitrogens with zero attached hydrogens (tertiary/aromatic N) is 3. The summed E-state index contributed by atoms with van der Waals surface area (Å²) in [6.45, 7) is 1.94. The lowest BCUT2D eigenvalue weighted by Gasteiger charge is -2.29. The number of amides is 2. The summed E-state index contributed by atoms with van der Waals surface area (Å²) in [5.74, 6) is -0.123. The molecule has 4 rings (SSSR count). The standard InChI is InChI=1S/C23H24ClN5O2/c1-29-11-8-17(9-12-29)26-23(31)20-7-10-25-22(28-20)16-6-5-15-3-2-4-19(18(15)13-16)27-21(30)14-24/h2-7,10,13,17H,8-9,11-12,14H2,1H3,(H,26,31)(H,27,30). The first kappa shape index (κ1) is 21.2. The van der Waals surface area contributed by atoms with Crippen molar-refractivity contribution in [3.05, 3.63) is 54.4 Å². The third-order valence-corrected chi connectivity index (χ3v) is 5.72. The van der Waals surface area contributed by atoms with Gasteiger partial charge in [0, 0.05) is 28.9 Å². The maximum Gasteiger partial charge on any atom is 0.270 e. The first-order valence-electron chi connectivity index (χ1n) is 10.2. The Morgan fingerprint density at radius 2 is 1.97 bits per heavy atom. The number of rotatable bonds is 5. The van der Waals surface area contributed by atoms with E-state index in [0.29, 0.717) is 17.2 Å². The zero-order valence-electron chi connectivity index (χ0n) is 17.3. The summed E-state index contributed by atoms with van der Waals surface area (Å²) in [5.41, 5.74) is 1.77. The second-order valence-electron chi connectivity index (χ2n) is 7.74. The van der Waals surface area contributed by atoms with Crippen LogP contribution in [0.25, 0.3) is 22.2 Å². The molecular formula is C23H24ClN5O2. The van der Waals surface area contributed by atoms with E-state index in [1.807, 2.05) is 36.4 Å². The third kappa shape index (κ3) is 5.00. The van der Waals surface area contributed by atoms with Crippen molar-refractivity contribution in [1.29, 1.82) is 0 Å². The summed E-state index contributed by atoms with van der Waals surface area (Å²) in [5, 5.41) is 7.71. The van der Waals surface area contributed by atoms with Gasteiger partial charge in [-0.1, -0.05) is 24.3 Å². The van der Waals surface area contributed by atoms with E-state index in [1.165, 1.54) is 0 Å². The Bertz CT molecular complexity index is 1110. The van der Waals surface area contributed by atoms with Gasteiger partial charge in [0.1, 0.15) is 11.6 Å². The largest absolute Gasteiger partial charge is 0.348 e. The predicted octanol–water partition coefficient (Wildman–Crippen LogP) is 3.30. The van der Waals surface area contributed by atoms with Gasteiger partial charge in [0.25, 0.3) is 5.91 Å². The van der Waals surface area contributed by atoms with Crippen molar-refractivity contribution < 1.29 is 9.59 Å². The molecule has 0 radical (unpaired) electrons. The highest BCUT2D eigenvalue weighted by Crippen LogP contribution is 2.28. The summed E-state index contributed by atoms with van der Waals surface area (Å²) in [6.07, 6.45) is 3.46. The van der Waals surface area contributed by atoms with Crippen LogP contribution in [0.1, 0.15) is 23.3 Å². The number of hydrogen-bond donors (Lipinski definition) is 2. The normalized spacial score (nSPS) is 15.0. The highest BCUT2D eigenvalue weighted by Gasteiger charge is 2.20. The Kier molecular flexibility index (Phi) is 6.44. The number of anilines is 1. The van der Waals surface area contributed by atoms with Crippen LogP contribution in [0.2, 0.25) is 0 Å². The van der Waals surface area contributed by atoms with Gasteiger partial charge in [-0.25, -0.2) is 9.97 Å². The average Bonchev–Trinajstić information content (AvgIpc) is 2.80. The van der Waals surface area contributed by atoms with E-state index in [1.54, 1.807) is 12.3 Å². The number of benzene rings is 2. The second kappa shape index (κ2) is 9.41. The number of nitrogens with one attached hydrogen (secondary N) is 2. The zero-order valence-corrected chi connectivity index (χ0v) is 18.0. The van der Waals surface area contributed by atoms with Crippen molar-refractivity contribution in [3.8, 4) is 11.4 Å². The lowest BCUT2D eigenvalue weighted by Crippen LogP contribution is -2.43. The Balaban J connectivity index is 1.59. The minimum Gasteiger partial charge on any atom is -0.348 e. The van der Waals surface area contributed by atoms with Crippen LogP contribution >= 0.6 is 11.6 Å². The minimum atomic E-state index is -0.275. The summed E-state index contributed by atoms with van der Waals surface area (Å²) in [7, 11) is 2.09. The Morgan fingerprint density at radius 3 is 2.74 bits per heavy atom. The van der Waals surface area contributed by atoms with Crippen molar-refractivity contribution in [3.63, 3.8) is 0 Å². The minimum absolute atomic E-state index is 0.117. The van der Waals surface area contributed by atoms with E-state index in [9.17, 15) is 9.59 Å². The van der Waals surface area contributed by atoms with E-state index in [4.69, 9.17) is 11.6 Å². The topological polar surface area (TPSA) is 87.2 Å². The molecule has 0 spiro atoms. The summed E-state index contributed by atoms with van der Waals surface area (Å²) in [4.78, 5) is 35.6. The molecular weight excluding hydrogens is 414 g/mol. The maximum absolute atomic E-state index is 12.7. The molecule has 3 aromatic rings. The van der Waals surface area contributed by atoms with Crippen molar-refractivity contribution in [2.45, 2.75) is 18.9 Å². The van der Waals surface area contributed by atoms with Crippen LogP contribution in [0.4, 0.5) is 5.69 Å². The number of hydrogen-bond acceptors (Lipinski definition) is 5. The molecule has 2 N–H and O–H groups in total. The fourth-order valence-electron chi connectivity index (χ4n) is 3.74. The van der Waals surface area contributed by atoms with Gasteiger partial charge in [-0.2, -0.15) is 0 Å². The summed E-state index contributed by atoms with van der Waals surface area (Å²) >= 11 is 5.63. The monoisotopic (exact) mass is 437 g/mol. The molecule has 1 saturated heterocycles. The maximum atomic E-state index is 12.7. The number of likely N-dealkylation sites (tertiary alicyclic amines) is 1. The third-order valence-electron chi connectivity index (χ3n) is 5.48. The van der Waals surface area contributed by atoms with Crippen molar-refractivity contribution in [1.82, 2.24) is 20.2 Å². The van der Waals surface area contributed by atoms with Gasteiger partial charge in [0.05, 0.1) is 0 Å². The van der Waals surface area contributed by atoms with Crippen LogP contribution in [0, 0.1) is 0 Å². The van der Waals surface area contributed by atoms with Crippen molar-refractivity contribution in [2.75, 3.05) is 31.3 Å². The van der Waals surface area contributed by atoms with Crippen LogP contribution in [-0.2, 0) is 4.79 Å². The quantitative estimate of drug-likeness (QED) is 0.598. The molecule has 2 amide bonds. The SMILES string of the molecule is CN1CCC(NC(=O)c2ccnc(-c3ccc4cccc(NC(=O)CCl)c4c3)n2)CC1. The second-order valence-corrected chi connectivity index (χ2v) is 8.01. The van der Waals surface area contributed by atoms with E-state index in [2.05, 4.69) is 32.5 Å². The molecule has 1 aliphatic rings. The number of aromatic nitrogens is 2. The van der Waals surface area contributed by atoms with E-state index in [0.717, 1.165) is 42.3 Å². The average molecular weight is 438 g/mol. The van der Waals surface area contributed by atoms with Gasteiger partial charge in [-0.3, -0.25) is 9.59 Å². The molecule has 1 aromatic heterocycles. The lowest BCUT2D eigenvalue weighted by atomic mass is 10.0. The van der Waals surface area contributed by atoms with Crippen molar-refractivity contribution in [2.24, 2.45) is 0 Å². The van der Waals surface area contributed by atoms with Crippen LogP contribution in [-0.4, -0.2) is 58.7 Å². The fourth-order valence-corrected chi connectivity index (χ4v) is 3.81. The van der Waals surface area contributed by atoms with E-state index < -0.39 is 0 Å². The molecule has 1 fully saturated rings. The molecule has 0 bridgehead atoms. The molecule has 0 aliphatic carbocycles. The number of fused-ring (bicyclic) bond motifs is 1. The molecule has 2 heterocycles. The van der Waals surface area contributed by atoms with Crippen LogP contribution in [0.15, 0.2) is 48.7 Å². The number of piperidine rings is 1. The molecule has 7 nitrogen and oxygen atoms in total. The number of carbonyl (C=O) groups excluding carboxylic acids is 2. The molecule has 2 aromatic carbocycles. The molecule has 0 unspecified atom stereocenters. The Hall–Kier alpha value is -3.03. The van der Waals surface area contributed by atoms with Crippen LogP contribution in [0.5, 0.6) is 0 Å². The highest BCUT2D eigenvalue weighted by molar-refractivity contribution is 6.29. The first-order valence-corrected chi connectivity index (χ1v) is 10.8. The highest BCUT2D eigenvalue weighted by atomic mass is 35.5. The predicted molar refractivity (Wildman–Crippen MR) is 122 cm³/mol. The van der Waals surface area contributed by atoms with Crippen molar-refractivity contribution >= 4 is 39.9 Å². The fraction of sp³-hybridized carbons (Fsp3) is 0.304. The molecule has 0 saturated carbocycles. The van der Waals surface area contributed by atoms with Gasteiger partial charge in [-0.15, -0.1) is 11.6 Å². The smallest absolute Gasteiger partial charge is 0.270 e. The number of alkyl halides is 1. The van der Waals surface area contributed by atoms with Gasteiger partial charge in [-0.05, 0) is 56.6 Å². The van der Waals surface area contributed by atoms with E-state index >= 15 is 0 Å². The first-order chi connectivity index (χ1) is 15.0. The van der Waals surface area contributed by atoms with Crippen LogP contribution < -0.4 is 10.6 Å². The van der Waals surface area contributed by atoms with Gasteiger partial charge in [0.15, 0.2) is 5.82 Å². The molecule has 160 valence electrons. The molecule has 0 atom stereocenters. The molecule has 1 aliphatic heterocycles. The van der Waals surface area contributed by atoms with Gasteiger partial charge >= 0.3 is 0 Å². The Labute approximate surface area is 185 Å². The number of halogens is 1. The summed E-state index contributed by atoms with van der Waals surface area (Å²) < 4.78 is 0. The molecule has 8 heteroatoms. The molecule has 31 heavy (non-hydrogen) atoms. The summed E-state index contributed by atoms with van der Waals surface area (Å²) in [6, 6.07) is 13.2. The lowest BCUT2D eigenvalue weighted by molar-refractivity contribution is -0.113. The Morgan fingerprint density at radius 1 is 1.16 bits per heavy atom. The van der Waals surface area contributed by atoms with E-state index in [-0.39, 0.29) is 23.7 Å². The van der Waals surface area contributed by atoms with Crippen LogP contribution in [0.3, 0.4) is 0 Å².